The van der Waals surface area contributed by atoms with E-state index in [-0.39, 0.29) is 0 Å². The molecule has 32 heavy (non-hydrogen) atoms. The molecular formula is C13H17N7O12. The van der Waals surface area contributed by atoms with Crippen molar-refractivity contribution < 1.29 is 44.7 Å². The maximum Gasteiger partial charge on any atom is 0.346 e. The molecule has 176 valence electrons. The Balaban J connectivity index is 0.000000320. The smallest absolute Gasteiger partial charge is 0.346 e. The van der Waals surface area contributed by atoms with Crippen LogP contribution in [0.4, 0.5) is 21.9 Å². The predicted molar refractivity (Wildman–Crippen MR) is 100 cm³/mol. The zero-order valence-corrected chi connectivity index (χ0v) is 15.7. The minimum atomic E-state index is -1.35. The molecule has 0 radical (unpaired) electrons. The standard InChI is InChI=1S/C7H14N4O5.C6H3N3O7/c8-6(9)11-7(15)10-5-4(14)3(13)2(1-12)16-5;10-6-4(8(13)14)1-3(7(11)12)2-5(6)9(15)16/h2-5,12-14H,1H2,(H5,8,9,10,11,15);1-2,10H/t2-,3-,4-,5-;/m1./s1. The van der Waals surface area contributed by atoms with E-state index in [4.69, 9.17) is 26.4 Å². The molecule has 0 saturated carbocycles. The Morgan fingerprint density at radius 2 is 1.56 bits per heavy atom. The highest BCUT2D eigenvalue weighted by Crippen LogP contribution is 2.38. The van der Waals surface area contributed by atoms with Gasteiger partial charge in [0.15, 0.2) is 12.2 Å². The molecule has 0 unspecified atom stereocenters. The number of phenolic OH excluding ortho intramolecular Hbond substituents is 1. The SMILES string of the molecule is NC(N)=NC(=O)N[C@@H]1O[C@H](CO)[C@@H](O)[C@H]1O.O=[N+]([O-])c1cc([N+](=O)[O-])c(O)c([N+](=O)[O-])c1. The Hall–Kier alpha value is -4.20. The lowest BCUT2D eigenvalue weighted by Gasteiger charge is -2.14. The van der Waals surface area contributed by atoms with Crippen LogP contribution in [0.15, 0.2) is 17.1 Å². The first-order valence-corrected chi connectivity index (χ1v) is 8.12. The maximum absolute atomic E-state index is 11.1. The predicted octanol–water partition coefficient (Wildman–Crippen LogP) is -2.47. The number of rotatable bonds is 5. The van der Waals surface area contributed by atoms with Crippen molar-refractivity contribution in [2.45, 2.75) is 24.5 Å². The van der Waals surface area contributed by atoms with Crippen molar-refractivity contribution in [3.8, 4) is 5.75 Å². The van der Waals surface area contributed by atoms with E-state index in [0.29, 0.717) is 12.1 Å². The number of nitrogens with one attached hydrogen (secondary N) is 1. The summed E-state index contributed by atoms with van der Waals surface area (Å²) < 4.78 is 4.95. The maximum atomic E-state index is 11.1. The molecule has 0 spiro atoms. The fourth-order valence-electron chi connectivity index (χ4n) is 2.26. The molecule has 4 atom stereocenters. The van der Waals surface area contributed by atoms with Gasteiger partial charge in [0.2, 0.25) is 0 Å². The fourth-order valence-corrected chi connectivity index (χ4v) is 2.26. The highest BCUT2D eigenvalue weighted by molar-refractivity contribution is 5.90. The van der Waals surface area contributed by atoms with Crippen molar-refractivity contribution in [1.82, 2.24) is 5.32 Å². The number of aliphatic imine (C=N–C) groups is 1. The van der Waals surface area contributed by atoms with Crippen molar-refractivity contribution in [1.29, 1.82) is 0 Å². The lowest BCUT2D eigenvalue weighted by atomic mass is 10.1. The molecule has 1 saturated heterocycles. The fraction of sp³-hybridized carbons (Fsp3) is 0.385. The van der Waals surface area contributed by atoms with Gasteiger partial charge in [0, 0.05) is 0 Å². The highest BCUT2D eigenvalue weighted by atomic mass is 16.6. The number of carbonyl (C=O) groups is 1. The van der Waals surface area contributed by atoms with Gasteiger partial charge in [0.25, 0.3) is 11.4 Å². The number of nitrogens with zero attached hydrogens (tertiary/aromatic N) is 4. The van der Waals surface area contributed by atoms with E-state index in [1.54, 1.807) is 0 Å². The van der Waals surface area contributed by atoms with Crippen molar-refractivity contribution in [2.75, 3.05) is 6.61 Å². The molecule has 9 N–H and O–H groups in total. The topological polar surface area (TPSA) is 313 Å². The number of carbonyl (C=O) groups excluding carboxylic acids is 1. The summed E-state index contributed by atoms with van der Waals surface area (Å²) in [5, 5.41) is 69.9. The third kappa shape index (κ3) is 6.40. The molecule has 1 aliphatic heterocycles. The highest BCUT2D eigenvalue weighted by Gasteiger charge is 2.43. The molecule has 1 fully saturated rings. The van der Waals surface area contributed by atoms with Crippen LogP contribution in [0.2, 0.25) is 0 Å². The average molecular weight is 463 g/mol. The van der Waals surface area contributed by atoms with Crippen molar-refractivity contribution in [2.24, 2.45) is 16.5 Å². The van der Waals surface area contributed by atoms with Crippen LogP contribution in [0.25, 0.3) is 0 Å². The third-order valence-corrected chi connectivity index (χ3v) is 3.70. The molecule has 0 aliphatic carbocycles. The van der Waals surface area contributed by atoms with E-state index >= 15 is 0 Å². The first-order chi connectivity index (χ1) is 14.8. The van der Waals surface area contributed by atoms with Crippen molar-refractivity contribution >= 4 is 29.1 Å². The number of hydrogen-bond donors (Lipinski definition) is 7. The molecule has 1 heterocycles. The summed E-state index contributed by atoms with van der Waals surface area (Å²) in [4.78, 5) is 42.0. The van der Waals surface area contributed by atoms with E-state index in [1.165, 1.54) is 0 Å². The normalized spacial score (nSPS) is 21.6. The van der Waals surface area contributed by atoms with Gasteiger partial charge in [0.05, 0.1) is 33.5 Å². The second-order valence-corrected chi connectivity index (χ2v) is 5.85. The number of guanidine groups is 1. The van der Waals surface area contributed by atoms with Gasteiger partial charge in [-0.2, -0.15) is 4.99 Å². The number of amides is 2. The number of nitro groups is 3. The minimum absolute atomic E-state index is 0.441. The van der Waals surface area contributed by atoms with Crippen LogP contribution >= 0.6 is 0 Å². The zero-order chi connectivity index (χ0) is 24.7. The first-order valence-electron chi connectivity index (χ1n) is 8.12. The quantitative estimate of drug-likeness (QED) is 0.103. The largest absolute Gasteiger partial charge is 0.497 e. The third-order valence-electron chi connectivity index (χ3n) is 3.70. The van der Waals surface area contributed by atoms with Crippen LogP contribution in [0.5, 0.6) is 5.75 Å². The van der Waals surface area contributed by atoms with E-state index in [2.05, 4.69) is 10.3 Å². The van der Waals surface area contributed by atoms with Gasteiger partial charge in [-0.1, -0.05) is 0 Å². The van der Waals surface area contributed by atoms with Crippen LogP contribution in [0.1, 0.15) is 0 Å². The summed E-state index contributed by atoms with van der Waals surface area (Å²) in [5.74, 6) is -1.65. The van der Waals surface area contributed by atoms with Crippen LogP contribution in [-0.2, 0) is 4.74 Å². The summed E-state index contributed by atoms with van der Waals surface area (Å²) in [7, 11) is 0. The molecule has 0 bridgehead atoms. The number of nitrogens with two attached hydrogens (primary N) is 2. The first kappa shape index (κ1) is 25.8. The lowest BCUT2D eigenvalue weighted by molar-refractivity contribution is -0.404. The van der Waals surface area contributed by atoms with Gasteiger partial charge in [-0.3, -0.25) is 30.3 Å². The minimum Gasteiger partial charge on any atom is -0.497 e. The number of aliphatic hydroxyl groups excluding tert-OH is 3. The molecule has 0 aromatic heterocycles. The number of non-ortho nitro benzene ring substituents is 1. The van der Waals surface area contributed by atoms with Gasteiger partial charge in [0.1, 0.15) is 18.3 Å². The Labute approximate surface area is 176 Å². The number of aliphatic hydroxyl groups is 3. The number of phenols is 1. The lowest BCUT2D eigenvalue weighted by Crippen LogP contribution is -2.43. The molecular weight excluding hydrogens is 446 g/mol. The van der Waals surface area contributed by atoms with Gasteiger partial charge in [-0.05, 0) is 0 Å². The Morgan fingerprint density at radius 1 is 1.06 bits per heavy atom. The number of nitro benzene ring substituents is 3. The Bertz CT molecular complexity index is 899. The van der Waals surface area contributed by atoms with E-state index in [1.807, 2.05) is 0 Å². The Kier molecular flexibility index (Phi) is 8.65. The van der Waals surface area contributed by atoms with E-state index < -0.39 is 80.7 Å². The second kappa shape index (κ2) is 10.7. The number of aromatic hydroxyl groups is 1. The molecule has 1 aromatic rings. The van der Waals surface area contributed by atoms with Crippen LogP contribution in [0, 0.1) is 30.3 Å². The molecule has 19 heteroatoms. The van der Waals surface area contributed by atoms with Gasteiger partial charge in [-0.25, -0.2) is 4.79 Å². The zero-order valence-electron chi connectivity index (χ0n) is 15.7. The molecule has 19 nitrogen and oxygen atoms in total. The molecule has 1 aliphatic rings. The van der Waals surface area contributed by atoms with Gasteiger partial charge >= 0.3 is 17.4 Å². The Morgan fingerprint density at radius 3 is 1.91 bits per heavy atom. The van der Waals surface area contributed by atoms with E-state index in [0.717, 1.165) is 0 Å². The molecule has 2 rings (SSSR count). The van der Waals surface area contributed by atoms with Crippen molar-refractivity contribution in [3.05, 3.63) is 42.5 Å². The van der Waals surface area contributed by atoms with E-state index in [9.17, 15) is 45.4 Å². The summed E-state index contributed by atoms with van der Waals surface area (Å²) in [6.45, 7) is -0.479. The number of benzene rings is 1. The van der Waals surface area contributed by atoms with Gasteiger partial charge < -0.3 is 41.9 Å². The van der Waals surface area contributed by atoms with Crippen LogP contribution in [0.3, 0.4) is 0 Å². The second-order valence-electron chi connectivity index (χ2n) is 5.85. The van der Waals surface area contributed by atoms with Crippen LogP contribution in [-0.4, -0.2) is 78.3 Å². The van der Waals surface area contributed by atoms with Gasteiger partial charge in [-0.15, -0.1) is 0 Å². The van der Waals surface area contributed by atoms with Crippen molar-refractivity contribution in [3.63, 3.8) is 0 Å². The van der Waals surface area contributed by atoms with Crippen LogP contribution < -0.4 is 16.8 Å². The summed E-state index contributed by atoms with van der Waals surface area (Å²) in [6, 6.07) is -0.0140. The number of urea groups is 1. The number of ether oxygens (including phenoxy) is 1. The monoisotopic (exact) mass is 463 g/mol. The number of hydrogen-bond acceptors (Lipinski definition) is 12. The summed E-state index contributed by atoms with van der Waals surface area (Å²) in [6.07, 6.45) is -4.76. The molecule has 1 aromatic carbocycles. The molecule has 2 amide bonds. The average Bonchev–Trinajstić information content (AvgIpc) is 2.95. The summed E-state index contributed by atoms with van der Waals surface area (Å²) in [5.41, 5.74) is 6.91. The summed E-state index contributed by atoms with van der Waals surface area (Å²) >= 11 is 0.